The fourth-order valence-corrected chi connectivity index (χ4v) is 1.08. The third-order valence-electron chi connectivity index (χ3n) is 1.52. The molecule has 1 unspecified atom stereocenters. The molecular weight excluding hydrogens is 152 g/mol. The highest BCUT2D eigenvalue weighted by Gasteiger charge is 2.03. The van der Waals surface area contributed by atoms with Gasteiger partial charge in [0.2, 0.25) is 0 Å². The minimum Gasteiger partial charge on any atom is -0.469 e. The lowest BCUT2D eigenvalue weighted by atomic mass is 10.1. The van der Waals surface area contributed by atoms with Gasteiger partial charge in [-0.15, -0.1) is 0 Å². The quantitative estimate of drug-likeness (QED) is 0.698. The van der Waals surface area contributed by atoms with E-state index in [4.69, 9.17) is 4.42 Å². The fraction of sp³-hybridized carbons (Fsp3) is 0.400. The van der Waals surface area contributed by atoms with Crippen LogP contribution in [-0.4, -0.2) is 11.2 Å². The molecule has 0 saturated heterocycles. The predicted octanol–water partition coefficient (Wildman–Crippen LogP) is 2.15. The summed E-state index contributed by atoms with van der Waals surface area (Å²) in [6.07, 6.45) is 3.56. The summed E-state index contributed by atoms with van der Waals surface area (Å²) in [5.41, 5.74) is 1.12. The summed E-state index contributed by atoms with van der Waals surface area (Å²) in [6, 6.07) is 3.69. The lowest BCUT2D eigenvalue weighted by Gasteiger charge is -2.02. The van der Waals surface area contributed by atoms with Crippen LogP contribution in [0.3, 0.4) is 0 Å². The van der Waals surface area contributed by atoms with Gasteiger partial charge in [0.05, 0.1) is 12.4 Å². The van der Waals surface area contributed by atoms with Crippen LogP contribution in [0.25, 0.3) is 0 Å². The van der Waals surface area contributed by atoms with Gasteiger partial charge in [0.1, 0.15) is 5.76 Å². The Balaban J connectivity index is 2.47. The summed E-state index contributed by atoms with van der Waals surface area (Å²) in [5.74, 6) is 0.819. The minimum atomic E-state index is -0.429. The average Bonchev–Trinajstić information content (AvgIpc) is 2.37. The Hall–Kier alpha value is -1.02. The van der Waals surface area contributed by atoms with Crippen LogP contribution in [0.4, 0.5) is 0 Å². The maximum Gasteiger partial charge on any atom is 0.106 e. The van der Waals surface area contributed by atoms with E-state index in [1.165, 1.54) is 0 Å². The van der Waals surface area contributed by atoms with Gasteiger partial charge in [-0.3, -0.25) is 0 Å². The molecule has 1 aromatic rings. The number of aliphatic hydroxyl groups is 1. The summed E-state index contributed by atoms with van der Waals surface area (Å²) >= 11 is 0. The first-order chi connectivity index (χ1) is 5.68. The second-order valence-corrected chi connectivity index (χ2v) is 3.09. The van der Waals surface area contributed by atoms with E-state index in [1.807, 2.05) is 32.1 Å². The monoisotopic (exact) mass is 166 g/mol. The van der Waals surface area contributed by atoms with E-state index in [9.17, 15) is 5.11 Å². The van der Waals surface area contributed by atoms with Gasteiger partial charge in [0.15, 0.2) is 0 Å². The zero-order valence-corrected chi connectivity index (χ0v) is 7.45. The van der Waals surface area contributed by atoms with Crippen LogP contribution in [0.5, 0.6) is 0 Å². The van der Waals surface area contributed by atoms with Crippen molar-refractivity contribution in [3.05, 3.63) is 35.8 Å². The molecule has 1 heterocycles. The van der Waals surface area contributed by atoms with Crippen LogP contribution in [0.15, 0.2) is 34.5 Å². The molecule has 2 nitrogen and oxygen atoms in total. The number of allylic oxidation sites excluding steroid dienone is 1. The number of furan rings is 1. The molecule has 1 atom stereocenters. The number of hydrogen-bond acceptors (Lipinski definition) is 2. The molecule has 0 radical (unpaired) electrons. The average molecular weight is 166 g/mol. The Morgan fingerprint density at radius 3 is 2.92 bits per heavy atom. The molecule has 0 aromatic carbocycles. The van der Waals surface area contributed by atoms with E-state index < -0.39 is 6.10 Å². The zero-order chi connectivity index (χ0) is 8.97. The molecule has 0 aliphatic rings. The first-order valence-electron chi connectivity index (χ1n) is 4.04. The van der Waals surface area contributed by atoms with Crippen LogP contribution >= 0.6 is 0 Å². The first-order valence-corrected chi connectivity index (χ1v) is 4.04. The minimum absolute atomic E-state index is 0.429. The molecule has 12 heavy (non-hydrogen) atoms. The highest BCUT2D eigenvalue weighted by molar-refractivity contribution is 5.05. The molecule has 1 rings (SSSR count). The Bertz CT molecular complexity index is 243. The van der Waals surface area contributed by atoms with Crippen LogP contribution < -0.4 is 0 Å². The third-order valence-corrected chi connectivity index (χ3v) is 1.52. The van der Waals surface area contributed by atoms with Crippen molar-refractivity contribution in [3.63, 3.8) is 0 Å². The maximum absolute atomic E-state index is 9.46. The smallest absolute Gasteiger partial charge is 0.106 e. The maximum atomic E-state index is 9.46. The van der Waals surface area contributed by atoms with Crippen LogP contribution in [0.1, 0.15) is 19.6 Å². The predicted molar refractivity (Wildman–Crippen MR) is 47.8 cm³/mol. The second kappa shape index (κ2) is 4.12. The summed E-state index contributed by atoms with van der Waals surface area (Å²) in [5, 5.41) is 9.46. The Labute approximate surface area is 72.5 Å². The van der Waals surface area contributed by atoms with Crippen molar-refractivity contribution >= 4 is 0 Å². The molecule has 1 N–H and O–H groups in total. The lowest BCUT2D eigenvalue weighted by molar-refractivity contribution is 0.214. The van der Waals surface area contributed by atoms with Crippen LogP contribution in [0, 0.1) is 0 Å². The van der Waals surface area contributed by atoms with E-state index in [0.29, 0.717) is 6.42 Å². The molecule has 0 amide bonds. The van der Waals surface area contributed by atoms with Gasteiger partial charge in [-0.1, -0.05) is 11.6 Å². The van der Waals surface area contributed by atoms with E-state index >= 15 is 0 Å². The molecule has 1 aromatic heterocycles. The van der Waals surface area contributed by atoms with Crippen molar-refractivity contribution in [2.24, 2.45) is 0 Å². The number of hydrogen-bond donors (Lipinski definition) is 1. The normalized spacial score (nSPS) is 12.6. The molecule has 0 saturated carbocycles. The number of aliphatic hydroxyl groups excluding tert-OH is 1. The van der Waals surface area contributed by atoms with E-state index in [0.717, 1.165) is 11.3 Å². The van der Waals surface area contributed by atoms with Crippen molar-refractivity contribution in [3.8, 4) is 0 Å². The lowest BCUT2D eigenvalue weighted by Crippen LogP contribution is -2.06. The molecule has 0 bridgehead atoms. The van der Waals surface area contributed by atoms with Gasteiger partial charge < -0.3 is 9.52 Å². The van der Waals surface area contributed by atoms with E-state index in [1.54, 1.807) is 6.26 Å². The Kier molecular flexibility index (Phi) is 3.11. The van der Waals surface area contributed by atoms with Gasteiger partial charge in [0.25, 0.3) is 0 Å². The van der Waals surface area contributed by atoms with Crippen molar-refractivity contribution in [1.29, 1.82) is 0 Å². The largest absolute Gasteiger partial charge is 0.469 e. The van der Waals surface area contributed by atoms with Gasteiger partial charge >= 0.3 is 0 Å². The van der Waals surface area contributed by atoms with Crippen LogP contribution in [-0.2, 0) is 6.42 Å². The summed E-state index contributed by atoms with van der Waals surface area (Å²) < 4.78 is 5.10. The second-order valence-electron chi connectivity index (χ2n) is 3.09. The topological polar surface area (TPSA) is 33.4 Å². The van der Waals surface area contributed by atoms with Crippen molar-refractivity contribution < 1.29 is 9.52 Å². The Morgan fingerprint density at radius 2 is 2.42 bits per heavy atom. The summed E-state index contributed by atoms with van der Waals surface area (Å²) in [4.78, 5) is 0. The van der Waals surface area contributed by atoms with E-state index in [2.05, 4.69) is 0 Å². The standard InChI is InChI=1S/C10H14O2/c1-8(2)6-9(11)7-10-4-3-5-12-10/h3-6,9,11H,7H2,1-2H3. The van der Waals surface area contributed by atoms with Crippen molar-refractivity contribution in [2.45, 2.75) is 26.4 Å². The van der Waals surface area contributed by atoms with Crippen molar-refractivity contribution in [1.82, 2.24) is 0 Å². The molecule has 0 aliphatic carbocycles. The van der Waals surface area contributed by atoms with Crippen molar-refractivity contribution in [2.75, 3.05) is 0 Å². The van der Waals surface area contributed by atoms with Gasteiger partial charge in [-0.25, -0.2) is 0 Å². The molecule has 0 aliphatic heterocycles. The van der Waals surface area contributed by atoms with Gasteiger partial charge in [0, 0.05) is 6.42 Å². The summed E-state index contributed by atoms with van der Waals surface area (Å²) in [6.45, 7) is 3.93. The Morgan fingerprint density at radius 1 is 1.67 bits per heavy atom. The van der Waals surface area contributed by atoms with Gasteiger partial charge in [-0.05, 0) is 26.0 Å². The fourth-order valence-electron chi connectivity index (χ4n) is 1.08. The van der Waals surface area contributed by atoms with Crippen LogP contribution in [0.2, 0.25) is 0 Å². The molecular formula is C10H14O2. The molecule has 66 valence electrons. The number of rotatable bonds is 3. The molecule has 0 spiro atoms. The van der Waals surface area contributed by atoms with E-state index in [-0.39, 0.29) is 0 Å². The first kappa shape index (κ1) is 9.07. The third kappa shape index (κ3) is 2.93. The van der Waals surface area contributed by atoms with Gasteiger partial charge in [-0.2, -0.15) is 0 Å². The zero-order valence-electron chi connectivity index (χ0n) is 7.45. The molecule has 2 heteroatoms. The highest BCUT2D eigenvalue weighted by atomic mass is 16.3. The SMILES string of the molecule is CC(C)=CC(O)Cc1ccco1. The molecule has 0 fully saturated rings. The highest BCUT2D eigenvalue weighted by Crippen LogP contribution is 2.06. The summed E-state index contributed by atoms with van der Waals surface area (Å²) in [7, 11) is 0.